The molecule has 0 amide bonds. The van der Waals surface area contributed by atoms with Crippen LogP contribution in [0, 0.1) is 0 Å². The van der Waals surface area contributed by atoms with E-state index in [1.165, 1.54) is 30.4 Å². The summed E-state index contributed by atoms with van der Waals surface area (Å²) >= 11 is 0. The number of aromatic nitrogens is 2. The number of fused-ring (bicyclic) bond motifs is 1. The molecule has 0 saturated heterocycles. The maximum atomic E-state index is 5.05. The molecular formula is C18H23N3O. The molecule has 1 heterocycles. The number of ether oxygens (including phenoxy) is 1. The Morgan fingerprint density at radius 2 is 2.00 bits per heavy atom. The molecule has 0 spiro atoms. The number of methoxy groups -OCH3 is 1. The molecule has 0 radical (unpaired) electrons. The highest BCUT2D eigenvalue weighted by molar-refractivity contribution is 5.32. The van der Waals surface area contributed by atoms with Crippen LogP contribution in [0.2, 0.25) is 0 Å². The van der Waals surface area contributed by atoms with Gasteiger partial charge in [0.1, 0.15) is 6.61 Å². The van der Waals surface area contributed by atoms with Crippen molar-refractivity contribution in [3.8, 4) is 0 Å². The van der Waals surface area contributed by atoms with E-state index in [2.05, 4.69) is 46.2 Å². The fourth-order valence-corrected chi connectivity index (χ4v) is 3.25. The van der Waals surface area contributed by atoms with Gasteiger partial charge < -0.3 is 4.74 Å². The minimum absolute atomic E-state index is 0.464. The summed E-state index contributed by atoms with van der Waals surface area (Å²) in [6.45, 7) is 1.33. The van der Waals surface area contributed by atoms with Crippen LogP contribution in [-0.2, 0) is 24.3 Å². The number of hydrogen-bond acceptors (Lipinski definition) is 4. The van der Waals surface area contributed by atoms with Crippen molar-refractivity contribution in [2.45, 2.75) is 38.5 Å². The van der Waals surface area contributed by atoms with E-state index in [9.17, 15) is 0 Å². The Balaban J connectivity index is 1.71. The zero-order valence-electron chi connectivity index (χ0n) is 13.3. The SMILES string of the molecule is COCc1ncc(CN(C)[C@@H]2CCCc3ccccc32)cn1. The van der Waals surface area contributed by atoms with Gasteiger partial charge in [-0.1, -0.05) is 24.3 Å². The monoisotopic (exact) mass is 297 g/mol. The first kappa shape index (κ1) is 15.1. The Kier molecular flexibility index (Phi) is 4.80. The van der Waals surface area contributed by atoms with Crippen LogP contribution in [0.15, 0.2) is 36.7 Å². The lowest BCUT2D eigenvalue weighted by Crippen LogP contribution is -2.27. The second-order valence-corrected chi connectivity index (χ2v) is 5.96. The van der Waals surface area contributed by atoms with Crippen molar-refractivity contribution in [3.63, 3.8) is 0 Å². The van der Waals surface area contributed by atoms with Crippen molar-refractivity contribution < 1.29 is 4.74 Å². The van der Waals surface area contributed by atoms with Crippen molar-refractivity contribution in [1.82, 2.24) is 14.9 Å². The van der Waals surface area contributed by atoms with Gasteiger partial charge in [-0.15, -0.1) is 0 Å². The summed E-state index contributed by atoms with van der Waals surface area (Å²) in [5, 5.41) is 0. The van der Waals surface area contributed by atoms with Crippen LogP contribution < -0.4 is 0 Å². The number of nitrogens with zero attached hydrogens (tertiary/aromatic N) is 3. The van der Waals surface area contributed by atoms with Crippen molar-refractivity contribution >= 4 is 0 Å². The lowest BCUT2D eigenvalue weighted by atomic mass is 9.87. The number of rotatable bonds is 5. The minimum Gasteiger partial charge on any atom is -0.377 e. The molecule has 0 N–H and O–H groups in total. The predicted octanol–water partition coefficient (Wildman–Crippen LogP) is 3.13. The van der Waals surface area contributed by atoms with Crippen molar-refractivity contribution in [2.75, 3.05) is 14.2 Å². The van der Waals surface area contributed by atoms with E-state index in [0.29, 0.717) is 12.6 Å². The average Bonchev–Trinajstić information content (AvgIpc) is 2.56. The number of hydrogen-bond donors (Lipinski definition) is 0. The van der Waals surface area contributed by atoms with Crippen LogP contribution in [0.1, 0.15) is 41.4 Å². The Morgan fingerprint density at radius 3 is 2.77 bits per heavy atom. The van der Waals surface area contributed by atoms with Gasteiger partial charge in [-0.2, -0.15) is 0 Å². The third-order valence-electron chi connectivity index (χ3n) is 4.33. The number of benzene rings is 1. The molecule has 3 rings (SSSR count). The van der Waals surface area contributed by atoms with Crippen LogP contribution >= 0.6 is 0 Å². The highest BCUT2D eigenvalue weighted by Crippen LogP contribution is 2.33. The normalized spacial score (nSPS) is 17.5. The maximum Gasteiger partial charge on any atom is 0.153 e. The molecule has 116 valence electrons. The molecule has 0 aliphatic heterocycles. The molecule has 4 nitrogen and oxygen atoms in total. The number of aryl methyl sites for hydroxylation is 1. The summed E-state index contributed by atoms with van der Waals surface area (Å²) in [7, 11) is 3.85. The Bertz CT molecular complexity index is 612. The smallest absolute Gasteiger partial charge is 0.153 e. The van der Waals surface area contributed by atoms with Crippen molar-refractivity contribution in [1.29, 1.82) is 0 Å². The second-order valence-electron chi connectivity index (χ2n) is 5.96. The third-order valence-corrected chi connectivity index (χ3v) is 4.33. The molecule has 0 saturated carbocycles. The molecule has 1 aromatic carbocycles. The summed E-state index contributed by atoms with van der Waals surface area (Å²) < 4.78 is 5.05. The van der Waals surface area contributed by atoms with E-state index in [1.54, 1.807) is 7.11 Å². The summed E-state index contributed by atoms with van der Waals surface area (Å²) in [6, 6.07) is 9.31. The van der Waals surface area contributed by atoms with Gasteiger partial charge in [0.25, 0.3) is 0 Å². The summed E-state index contributed by atoms with van der Waals surface area (Å²) in [5.74, 6) is 0.733. The lowest BCUT2D eigenvalue weighted by Gasteiger charge is -2.33. The van der Waals surface area contributed by atoms with E-state index in [4.69, 9.17) is 4.74 Å². The molecule has 2 aromatic rings. The van der Waals surface area contributed by atoms with Crippen LogP contribution in [0.3, 0.4) is 0 Å². The molecule has 1 aromatic heterocycles. The lowest BCUT2D eigenvalue weighted by molar-refractivity contribution is 0.177. The van der Waals surface area contributed by atoms with Gasteiger partial charge in [-0.25, -0.2) is 9.97 Å². The van der Waals surface area contributed by atoms with Crippen LogP contribution in [-0.4, -0.2) is 29.0 Å². The van der Waals surface area contributed by atoms with E-state index < -0.39 is 0 Å². The Morgan fingerprint density at radius 1 is 1.23 bits per heavy atom. The van der Waals surface area contributed by atoms with Gasteiger partial charge in [0.15, 0.2) is 5.82 Å². The average molecular weight is 297 g/mol. The molecule has 0 unspecified atom stereocenters. The summed E-state index contributed by atoms with van der Waals surface area (Å²) in [6.07, 6.45) is 7.50. The van der Waals surface area contributed by atoms with E-state index in [0.717, 1.165) is 17.9 Å². The zero-order chi connectivity index (χ0) is 15.4. The van der Waals surface area contributed by atoms with Crippen molar-refractivity contribution in [3.05, 3.63) is 59.2 Å². The summed E-state index contributed by atoms with van der Waals surface area (Å²) in [4.78, 5) is 11.1. The molecule has 22 heavy (non-hydrogen) atoms. The predicted molar refractivity (Wildman–Crippen MR) is 86.3 cm³/mol. The van der Waals surface area contributed by atoms with Gasteiger partial charge in [-0.3, -0.25) is 4.90 Å². The van der Waals surface area contributed by atoms with E-state index >= 15 is 0 Å². The van der Waals surface area contributed by atoms with Crippen LogP contribution in [0.5, 0.6) is 0 Å². The molecule has 0 bridgehead atoms. The zero-order valence-corrected chi connectivity index (χ0v) is 13.3. The Hall–Kier alpha value is -1.78. The van der Waals surface area contributed by atoms with E-state index in [-0.39, 0.29) is 0 Å². The highest BCUT2D eigenvalue weighted by Gasteiger charge is 2.23. The first-order valence-electron chi connectivity index (χ1n) is 7.84. The highest BCUT2D eigenvalue weighted by atomic mass is 16.5. The topological polar surface area (TPSA) is 38.2 Å². The molecule has 1 aliphatic carbocycles. The molecule has 0 fully saturated rings. The molecular weight excluding hydrogens is 274 g/mol. The first-order valence-corrected chi connectivity index (χ1v) is 7.84. The quantitative estimate of drug-likeness (QED) is 0.850. The van der Waals surface area contributed by atoms with Gasteiger partial charge in [0.2, 0.25) is 0 Å². The van der Waals surface area contributed by atoms with Gasteiger partial charge in [-0.05, 0) is 37.4 Å². The largest absolute Gasteiger partial charge is 0.377 e. The van der Waals surface area contributed by atoms with Gasteiger partial charge in [0, 0.05) is 37.7 Å². The van der Waals surface area contributed by atoms with Crippen LogP contribution in [0.4, 0.5) is 0 Å². The van der Waals surface area contributed by atoms with Gasteiger partial charge >= 0.3 is 0 Å². The fraction of sp³-hybridized carbons (Fsp3) is 0.444. The second kappa shape index (κ2) is 6.99. The molecule has 4 heteroatoms. The first-order chi connectivity index (χ1) is 10.8. The van der Waals surface area contributed by atoms with Crippen molar-refractivity contribution in [2.24, 2.45) is 0 Å². The van der Waals surface area contributed by atoms with E-state index in [1.807, 2.05) is 12.4 Å². The maximum absolute atomic E-state index is 5.05. The third kappa shape index (κ3) is 3.34. The van der Waals surface area contributed by atoms with Gasteiger partial charge in [0.05, 0.1) is 0 Å². The standard InChI is InChI=1S/C18H23N3O/c1-21(12-14-10-19-18(13-22-2)20-11-14)17-9-5-7-15-6-3-4-8-16(15)17/h3-4,6,8,10-11,17H,5,7,9,12-13H2,1-2H3/t17-/m1/s1. The molecule has 1 aliphatic rings. The molecule has 1 atom stereocenters. The summed E-state index contributed by atoms with van der Waals surface area (Å²) in [5.41, 5.74) is 4.12. The minimum atomic E-state index is 0.464. The van der Waals surface area contributed by atoms with Crippen LogP contribution in [0.25, 0.3) is 0 Å². The Labute approximate surface area is 132 Å². The fourth-order valence-electron chi connectivity index (χ4n) is 3.25.